The quantitative estimate of drug-likeness (QED) is 0.304. The molecule has 0 aliphatic heterocycles. The predicted molar refractivity (Wildman–Crippen MR) is 133 cm³/mol. The molecule has 1 amide bonds. The third-order valence-corrected chi connectivity index (χ3v) is 5.64. The zero-order valence-corrected chi connectivity index (χ0v) is 19.0. The fraction of sp³-hybridized carbons (Fsp3) is 0.0714. The third-order valence-electron chi connectivity index (χ3n) is 5.64. The van der Waals surface area contributed by atoms with E-state index in [0.29, 0.717) is 50.2 Å². The first-order valence-corrected chi connectivity index (χ1v) is 10.8. The number of nitrogens with one attached hydrogen (secondary N) is 1. The molecule has 0 unspecified atom stereocenters. The molecule has 0 saturated carbocycles. The highest BCUT2D eigenvalue weighted by Crippen LogP contribution is 2.38. The lowest BCUT2D eigenvalue weighted by Gasteiger charge is -2.13. The molecule has 35 heavy (non-hydrogen) atoms. The molecule has 1 N–H and O–H groups in total. The van der Waals surface area contributed by atoms with Gasteiger partial charge >= 0.3 is 0 Å². The molecular formula is C28H21FN2O4. The molecule has 174 valence electrons. The molecule has 4 aromatic carbocycles. The van der Waals surface area contributed by atoms with E-state index in [9.17, 15) is 4.79 Å². The highest BCUT2D eigenvalue weighted by molar-refractivity contribution is 6.05. The van der Waals surface area contributed by atoms with Gasteiger partial charge in [0.1, 0.15) is 5.75 Å². The van der Waals surface area contributed by atoms with Crippen LogP contribution in [0.4, 0.5) is 10.1 Å². The molecule has 5 rings (SSSR count). The molecular weight excluding hydrogens is 447 g/mol. The number of ether oxygens (including phenoxy) is 3. The number of aromatic nitrogens is 1. The summed E-state index contributed by atoms with van der Waals surface area (Å²) < 4.78 is 32.1. The fourth-order valence-electron chi connectivity index (χ4n) is 3.88. The molecule has 0 saturated heterocycles. The van der Waals surface area contributed by atoms with Crippen molar-refractivity contribution in [2.75, 3.05) is 19.5 Å². The van der Waals surface area contributed by atoms with Gasteiger partial charge in [0.2, 0.25) is 0 Å². The smallest absolute Gasteiger partial charge is 0.255 e. The highest BCUT2D eigenvalue weighted by Gasteiger charge is 2.15. The maximum Gasteiger partial charge on any atom is 0.255 e. The first-order valence-electron chi connectivity index (χ1n) is 10.8. The number of fused-ring (bicyclic) bond motifs is 2. The van der Waals surface area contributed by atoms with Gasteiger partial charge in [0.25, 0.3) is 5.91 Å². The molecule has 0 aliphatic rings. The number of methoxy groups -OCH3 is 2. The molecule has 0 bridgehead atoms. The Morgan fingerprint density at radius 1 is 0.800 bits per heavy atom. The summed E-state index contributed by atoms with van der Waals surface area (Å²) in [6, 6.07) is 22.4. The van der Waals surface area contributed by atoms with Crippen LogP contribution in [-0.4, -0.2) is 25.1 Å². The van der Waals surface area contributed by atoms with E-state index in [1.165, 1.54) is 0 Å². The molecule has 0 radical (unpaired) electrons. The first kappa shape index (κ1) is 22.2. The van der Waals surface area contributed by atoms with Crippen LogP contribution in [0.1, 0.15) is 10.4 Å². The minimum atomic E-state index is -0.506. The Bertz CT molecular complexity index is 1550. The number of anilines is 1. The van der Waals surface area contributed by atoms with Crippen molar-refractivity contribution in [3.8, 4) is 23.0 Å². The van der Waals surface area contributed by atoms with Gasteiger partial charge < -0.3 is 19.5 Å². The number of nitrogens with zero attached hydrogens (tertiary/aromatic N) is 1. The zero-order valence-electron chi connectivity index (χ0n) is 19.0. The largest absolute Gasteiger partial charge is 0.493 e. The number of hydrogen-bond donors (Lipinski definition) is 1. The summed E-state index contributed by atoms with van der Waals surface area (Å²) in [5.74, 6) is 0.816. The van der Waals surface area contributed by atoms with Gasteiger partial charge in [-0.25, -0.2) is 4.39 Å². The second-order valence-corrected chi connectivity index (χ2v) is 7.77. The van der Waals surface area contributed by atoms with Crippen LogP contribution in [0.25, 0.3) is 21.7 Å². The second-order valence-electron chi connectivity index (χ2n) is 7.77. The minimum Gasteiger partial charge on any atom is -0.493 e. The Labute approximate surface area is 200 Å². The molecule has 0 spiro atoms. The van der Waals surface area contributed by atoms with Crippen molar-refractivity contribution in [3.05, 3.63) is 96.4 Å². The first-order chi connectivity index (χ1) is 17.1. The summed E-state index contributed by atoms with van der Waals surface area (Å²) >= 11 is 0. The summed E-state index contributed by atoms with van der Waals surface area (Å²) in [7, 11) is 3.09. The van der Waals surface area contributed by atoms with Gasteiger partial charge in [-0.05, 0) is 53.9 Å². The van der Waals surface area contributed by atoms with Gasteiger partial charge in [-0.2, -0.15) is 0 Å². The van der Waals surface area contributed by atoms with Crippen molar-refractivity contribution in [3.63, 3.8) is 0 Å². The van der Waals surface area contributed by atoms with Gasteiger partial charge in [-0.1, -0.05) is 24.3 Å². The van der Waals surface area contributed by atoms with E-state index >= 15 is 4.39 Å². The van der Waals surface area contributed by atoms with E-state index in [1.807, 2.05) is 6.07 Å². The van der Waals surface area contributed by atoms with Crippen molar-refractivity contribution >= 4 is 33.3 Å². The highest BCUT2D eigenvalue weighted by atomic mass is 19.1. The van der Waals surface area contributed by atoms with Gasteiger partial charge in [0.05, 0.1) is 19.7 Å². The number of amides is 1. The Hall–Kier alpha value is -4.65. The average Bonchev–Trinajstić information content (AvgIpc) is 2.90. The molecule has 0 aliphatic carbocycles. The monoisotopic (exact) mass is 468 g/mol. The summed E-state index contributed by atoms with van der Waals surface area (Å²) in [6.07, 6.45) is 1.59. The molecule has 6 nitrogen and oxygen atoms in total. The van der Waals surface area contributed by atoms with Crippen molar-refractivity contribution in [2.45, 2.75) is 0 Å². The normalized spacial score (nSPS) is 10.8. The predicted octanol–water partition coefficient (Wildman–Crippen LogP) is 6.59. The van der Waals surface area contributed by atoms with Crippen LogP contribution in [0, 0.1) is 5.82 Å². The lowest BCUT2D eigenvalue weighted by Crippen LogP contribution is -2.11. The van der Waals surface area contributed by atoms with Crippen molar-refractivity contribution in [2.24, 2.45) is 0 Å². The van der Waals surface area contributed by atoms with Gasteiger partial charge in [-0.15, -0.1) is 0 Å². The van der Waals surface area contributed by atoms with Crippen LogP contribution >= 0.6 is 0 Å². The second kappa shape index (κ2) is 9.30. The summed E-state index contributed by atoms with van der Waals surface area (Å²) in [6.45, 7) is 0. The van der Waals surface area contributed by atoms with Crippen molar-refractivity contribution in [1.29, 1.82) is 0 Å². The van der Waals surface area contributed by atoms with Gasteiger partial charge in [0.15, 0.2) is 23.1 Å². The van der Waals surface area contributed by atoms with E-state index in [4.69, 9.17) is 14.2 Å². The molecule has 0 atom stereocenters. The van der Waals surface area contributed by atoms with E-state index in [2.05, 4.69) is 10.3 Å². The SMILES string of the molecule is COc1cc2nccc(Oc3ccc4cc(NC(=O)c5ccccc5)ccc4c3F)c2cc1OC. The van der Waals surface area contributed by atoms with Gasteiger partial charge in [0, 0.05) is 34.3 Å². The minimum absolute atomic E-state index is 0.0702. The lowest BCUT2D eigenvalue weighted by atomic mass is 10.1. The Morgan fingerprint density at radius 3 is 2.34 bits per heavy atom. The molecule has 0 fully saturated rings. The maximum absolute atomic E-state index is 15.4. The fourth-order valence-corrected chi connectivity index (χ4v) is 3.88. The zero-order chi connectivity index (χ0) is 24.4. The summed E-state index contributed by atoms with van der Waals surface area (Å²) in [5.41, 5.74) is 1.74. The number of rotatable bonds is 6. The summed E-state index contributed by atoms with van der Waals surface area (Å²) in [4.78, 5) is 16.8. The summed E-state index contributed by atoms with van der Waals surface area (Å²) in [5, 5.41) is 4.50. The Kier molecular flexibility index (Phi) is 5.89. The molecule has 5 aromatic rings. The van der Waals surface area contributed by atoms with E-state index in [-0.39, 0.29) is 11.7 Å². The van der Waals surface area contributed by atoms with Crippen molar-refractivity contribution in [1.82, 2.24) is 4.98 Å². The molecule has 1 heterocycles. The maximum atomic E-state index is 15.4. The lowest BCUT2D eigenvalue weighted by molar-refractivity contribution is 0.102. The van der Waals surface area contributed by atoms with Crippen LogP contribution in [0.2, 0.25) is 0 Å². The van der Waals surface area contributed by atoms with Crippen LogP contribution in [0.5, 0.6) is 23.0 Å². The van der Waals surface area contributed by atoms with E-state index in [1.54, 1.807) is 93.2 Å². The number of hydrogen-bond acceptors (Lipinski definition) is 5. The van der Waals surface area contributed by atoms with Gasteiger partial charge in [-0.3, -0.25) is 9.78 Å². The van der Waals surface area contributed by atoms with Crippen LogP contribution in [0.15, 0.2) is 85.1 Å². The topological polar surface area (TPSA) is 69.7 Å². The number of benzene rings is 4. The van der Waals surface area contributed by atoms with Crippen molar-refractivity contribution < 1.29 is 23.4 Å². The average molecular weight is 468 g/mol. The molecule has 1 aromatic heterocycles. The van der Waals surface area contributed by atoms with E-state index < -0.39 is 5.82 Å². The van der Waals surface area contributed by atoms with Crippen LogP contribution in [0.3, 0.4) is 0 Å². The van der Waals surface area contributed by atoms with Crippen LogP contribution in [-0.2, 0) is 0 Å². The van der Waals surface area contributed by atoms with E-state index in [0.717, 1.165) is 0 Å². The number of carbonyl (C=O) groups is 1. The standard InChI is InChI=1S/C28H21FN2O4/c1-33-25-15-21-22(16-26(25)34-2)30-13-12-23(21)35-24-11-8-18-14-19(9-10-20(18)27(24)29)31-28(32)17-6-4-3-5-7-17/h3-16H,1-2H3,(H,31,32). The Balaban J connectivity index is 1.46. The number of halogens is 1. The van der Waals surface area contributed by atoms with Crippen LogP contribution < -0.4 is 19.5 Å². The number of pyridine rings is 1. The third kappa shape index (κ3) is 4.31. The molecule has 7 heteroatoms. The Morgan fingerprint density at radius 2 is 1.57 bits per heavy atom. The number of carbonyl (C=O) groups excluding carboxylic acids is 1.